The maximum Gasteiger partial charge on any atom is 0.224 e. The lowest BCUT2D eigenvalue weighted by atomic mass is 10.1. The van der Waals surface area contributed by atoms with Gasteiger partial charge in [0.05, 0.1) is 12.5 Å². The zero-order valence-electron chi connectivity index (χ0n) is 11.1. The van der Waals surface area contributed by atoms with Crippen molar-refractivity contribution in [2.45, 2.75) is 24.3 Å². The Labute approximate surface area is 133 Å². The smallest absolute Gasteiger partial charge is 0.224 e. The molecule has 1 amide bonds. The summed E-state index contributed by atoms with van der Waals surface area (Å²) in [7, 11) is 0. The monoisotopic (exact) mass is 349 g/mol. The van der Waals surface area contributed by atoms with Gasteiger partial charge in [-0.25, -0.2) is 0 Å². The lowest BCUT2D eigenvalue weighted by Gasteiger charge is -2.14. The van der Waals surface area contributed by atoms with Crippen LogP contribution in [0.5, 0.6) is 0 Å². The van der Waals surface area contributed by atoms with Gasteiger partial charge >= 0.3 is 0 Å². The molecule has 0 spiro atoms. The van der Waals surface area contributed by atoms with Crippen LogP contribution in [0, 0.1) is 0 Å². The molecule has 1 N–H and O–H groups in total. The van der Waals surface area contributed by atoms with Crippen molar-refractivity contribution in [3.8, 4) is 0 Å². The van der Waals surface area contributed by atoms with Gasteiger partial charge < -0.3 is 5.32 Å². The number of hydrogen-bond donors (Lipinski definition) is 2. The molecule has 0 bridgehead atoms. The number of benzene rings is 2. The van der Waals surface area contributed by atoms with Crippen LogP contribution in [0.4, 0.5) is 0 Å². The summed E-state index contributed by atoms with van der Waals surface area (Å²) >= 11 is 7.63. The number of hydrogen-bond acceptors (Lipinski definition) is 2. The van der Waals surface area contributed by atoms with Crippen molar-refractivity contribution >= 4 is 34.5 Å². The second-order valence-electron chi connectivity index (χ2n) is 4.68. The van der Waals surface area contributed by atoms with E-state index in [9.17, 15) is 4.79 Å². The molecule has 2 aromatic carbocycles. The fourth-order valence-electron chi connectivity index (χ4n) is 1.93. The predicted octanol–water partition coefficient (Wildman–Crippen LogP) is 4.16. The number of halogens is 1. The lowest BCUT2D eigenvalue weighted by molar-refractivity contribution is -0.121. The average Bonchev–Trinajstić information content (AvgIpc) is 2.42. The Hall–Kier alpha value is -1.26. The van der Waals surface area contributed by atoms with E-state index in [0.717, 1.165) is 20.5 Å². The van der Waals surface area contributed by atoms with E-state index in [4.69, 9.17) is 0 Å². The highest BCUT2D eigenvalue weighted by atomic mass is 79.9. The fourth-order valence-corrected chi connectivity index (χ4v) is 2.34. The summed E-state index contributed by atoms with van der Waals surface area (Å²) < 4.78 is 1.03. The second-order valence-corrected chi connectivity index (χ2v) is 6.12. The normalized spacial score (nSPS) is 11.9. The summed E-state index contributed by atoms with van der Waals surface area (Å²) in [5.41, 5.74) is 2.08. The first-order valence-electron chi connectivity index (χ1n) is 6.37. The van der Waals surface area contributed by atoms with E-state index in [0.29, 0.717) is 6.42 Å². The predicted molar refractivity (Wildman–Crippen MR) is 88.1 cm³/mol. The van der Waals surface area contributed by atoms with Crippen molar-refractivity contribution in [1.82, 2.24) is 5.32 Å². The molecular formula is C16H16BrNOS. The molecule has 0 saturated heterocycles. The van der Waals surface area contributed by atoms with Crippen molar-refractivity contribution < 1.29 is 4.79 Å². The molecule has 1 atom stereocenters. The van der Waals surface area contributed by atoms with E-state index in [2.05, 4.69) is 33.9 Å². The minimum absolute atomic E-state index is 0.000230. The van der Waals surface area contributed by atoms with E-state index in [1.54, 1.807) is 0 Å². The van der Waals surface area contributed by atoms with Crippen LogP contribution in [0.3, 0.4) is 0 Å². The molecule has 0 aliphatic rings. The molecule has 2 rings (SSSR count). The number of thiol groups is 1. The maximum atomic E-state index is 12.0. The van der Waals surface area contributed by atoms with Crippen LogP contribution in [0.15, 0.2) is 57.9 Å². The zero-order valence-corrected chi connectivity index (χ0v) is 13.6. The van der Waals surface area contributed by atoms with Crippen molar-refractivity contribution in [3.63, 3.8) is 0 Å². The SMILES string of the molecule is CC(NC(=O)Cc1ccc(S)cc1)c1ccc(Br)cc1. The van der Waals surface area contributed by atoms with Crippen LogP contribution < -0.4 is 5.32 Å². The molecule has 2 aromatic rings. The fraction of sp³-hybridized carbons (Fsp3) is 0.188. The van der Waals surface area contributed by atoms with Gasteiger partial charge in [0.15, 0.2) is 0 Å². The minimum atomic E-state index is -0.000230. The highest BCUT2D eigenvalue weighted by molar-refractivity contribution is 9.10. The number of amides is 1. The van der Waals surface area contributed by atoms with Crippen molar-refractivity contribution in [2.75, 3.05) is 0 Å². The van der Waals surface area contributed by atoms with Gasteiger partial charge in [0.2, 0.25) is 5.91 Å². The van der Waals surface area contributed by atoms with E-state index in [1.807, 2.05) is 55.5 Å². The number of rotatable bonds is 4. The number of carbonyl (C=O) groups excluding carboxylic acids is 1. The lowest BCUT2D eigenvalue weighted by Crippen LogP contribution is -2.28. The third kappa shape index (κ3) is 4.39. The van der Waals surface area contributed by atoms with Crippen LogP contribution >= 0.6 is 28.6 Å². The quantitative estimate of drug-likeness (QED) is 0.797. The molecule has 0 aromatic heterocycles. The molecule has 0 aliphatic carbocycles. The van der Waals surface area contributed by atoms with Crippen LogP contribution in [0.25, 0.3) is 0 Å². The molecule has 0 radical (unpaired) electrons. The molecule has 0 fully saturated rings. The molecular weight excluding hydrogens is 334 g/mol. The molecule has 0 heterocycles. The topological polar surface area (TPSA) is 29.1 Å². The summed E-state index contributed by atoms with van der Waals surface area (Å²) in [4.78, 5) is 12.9. The highest BCUT2D eigenvalue weighted by Gasteiger charge is 2.10. The minimum Gasteiger partial charge on any atom is -0.349 e. The van der Waals surface area contributed by atoms with Gasteiger partial charge in [-0.3, -0.25) is 4.79 Å². The Balaban J connectivity index is 1.93. The third-order valence-electron chi connectivity index (χ3n) is 3.05. The summed E-state index contributed by atoms with van der Waals surface area (Å²) in [5, 5.41) is 3.01. The Kier molecular flexibility index (Phi) is 5.26. The first-order chi connectivity index (χ1) is 9.54. The van der Waals surface area contributed by atoms with E-state index >= 15 is 0 Å². The summed E-state index contributed by atoms with van der Waals surface area (Å²) in [5.74, 6) is 0.0207. The molecule has 0 saturated carbocycles. The van der Waals surface area contributed by atoms with Crippen LogP contribution in [-0.2, 0) is 11.2 Å². The number of nitrogens with one attached hydrogen (secondary N) is 1. The maximum absolute atomic E-state index is 12.0. The second kappa shape index (κ2) is 6.95. The Morgan fingerprint density at radius 1 is 1.15 bits per heavy atom. The molecule has 104 valence electrons. The van der Waals surface area contributed by atoms with E-state index < -0.39 is 0 Å². The molecule has 20 heavy (non-hydrogen) atoms. The summed E-state index contributed by atoms with van der Waals surface area (Å²) in [6.45, 7) is 1.98. The largest absolute Gasteiger partial charge is 0.349 e. The first kappa shape index (κ1) is 15.1. The van der Waals surface area contributed by atoms with Crippen LogP contribution in [-0.4, -0.2) is 5.91 Å². The van der Waals surface area contributed by atoms with Crippen LogP contribution in [0.2, 0.25) is 0 Å². The van der Waals surface area contributed by atoms with E-state index in [-0.39, 0.29) is 11.9 Å². The zero-order chi connectivity index (χ0) is 14.5. The Morgan fingerprint density at radius 2 is 1.75 bits per heavy atom. The van der Waals surface area contributed by atoms with Gasteiger partial charge in [-0.1, -0.05) is 40.2 Å². The van der Waals surface area contributed by atoms with Gasteiger partial charge in [-0.15, -0.1) is 12.6 Å². The standard InChI is InChI=1S/C16H16BrNOS/c1-11(13-4-6-14(17)7-5-13)18-16(19)10-12-2-8-15(20)9-3-12/h2-9,11,20H,10H2,1H3,(H,18,19). The molecule has 0 aliphatic heterocycles. The Bertz CT molecular complexity index is 580. The molecule has 1 unspecified atom stereocenters. The van der Waals surface area contributed by atoms with Gasteiger partial charge in [0, 0.05) is 9.37 Å². The van der Waals surface area contributed by atoms with Crippen molar-refractivity contribution in [3.05, 3.63) is 64.1 Å². The summed E-state index contributed by atoms with van der Waals surface area (Å²) in [6.07, 6.45) is 0.384. The molecule has 2 nitrogen and oxygen atoms in total. The van der Waals surface area contributed by atoms with Crippen molar-refractivity contribution in [2.24, 2.45) is 0 Å². The van der Waals surface area contributed by atoms with Crippen LogP contribution in [0.1, 0.15) is 24.1 Å². The highest BCUT2D eigenvalue weighted by Crippen LogP contribution is 2.16. The molecule has 4 heteroatoms. The van der Waals surface area contributed by atoms with Gasteiger partial charge in [0.25, 0.3) is 0 Å². The van der Waals surface area contributed by atoms with Crippen molar-refractivity contribution in [1.29, 1.82) is 0 Å². The summed E-state index contributed by atoms with van der Waals surface area (Å²) in [6, 6.07) is 15.6. The van der Waals surface area contributed by atoms with Gasteiger partial charge in [-0.2, -0.15) is 0 Å². The average molecular weight is 350 g/mol. The third-order valence-corrected chi connectivity index (χ3v) is 3.88. The van der Waals surface area contributed by atoms with E-state index in [1.165, 1.54) is 0 Å². The number of carbonyl (C=O) groups is 1. The Morgan fingerprint density at radius 3 is 2.35 bits per heavy atom. The van der Waals surface area contributed by atoms with Gasteiger partial charge in [-0.05, 0) is 42.3 Å². The first-order valence-corrected chi connectivity index (χ1v) is 7.61. The van der Waals surface area contributed by atoms with Gasteiger partial charge in [0.1, 0.15) is 0 Å².